The van der Waals surface area contributed by atoms with E-state index in [1.807, 2.05) is 26.2 Å². The zero-order valence-corrected chi connectivity index (χ0v) is 13.7. The summed E-state index contributed by atoms with van der Waals surface area (Å²) >= 11 is 0. The van der Waals surface area contributed by atoms with Gasteiger partial charge in [0, 0.05) is 0 Å². The fourth-order valence-electron chi connectivity index (χ4n) is 2.59. The van der Waals surface area contributed by atoms with Crippen molar-refractivity contribution in [2.75, 3.05) is 34.3 Å². The predicted octanol–water partition coefficient (Wildman–Crippen LogP) is 3.32. The van der Waals surface area contributed by atoms with Gasteiger partial charge in [0.2, 0.25) is 0 Å². The van der Waals surface area contributed by atoms with Crippen molar-refractivity contribution >= 4 is 5.57 Å². The second-order valence-electron chi connectivity index (χ2n) is 5.49. The first-order chi connectivity index (χ1) is 10.2. The maximum absolute atomic E-state index is 5.28. The Labute approximate surface area is 129 Å². The van der Waals surface area contributed by atoms with Crippen LogP contribution in [0.3, 0.4) is 0 Å². The van der Waals surface area contributed by atoms with Crippen molar-refractivity contribution < 1.29 is 4.74 Å². The zero-order chi connectivity index (χ0) is 15.5. The molecule has 1 aliphatic heterocycles. The molecule has 1 unspecified atom stereocenters. The highest BCUT2D eigenvalue weighted by Gasteiger charge is 2.15. The largest absolute Gasteiger partial charge is 0.497 e. The van der Waals surface area contributed by atoms with Gasteiger partial charge in [-0.05, 0) is 75.6 Å². The van der Waals surface area contributed by atoms with E-state index in [0.29, 0.717) is 5.92 Å². The topological polar surface area (TPSA) is 33.3 Å². The van der Waals surface area contributed by atoms with Gasteiger partial charge in [-0.25, -0.2) is 0 Å². The van der Waals surface area contributed by atoms with E-state index in [9.17, 15) is 0 Å². The van der Waals surface area contributed by atoms with Crippen LogP contribution >= 0.6 is 0 Å². The Kier molecular flexibility index (Phi) is 8.79. The van der Waals surface area contributed by atoms with E-state index in [1.54, 1.807) is 7.11 Å². The molecule has 3 heteroatoms. The molecule has 0 amide bonds. The summed E-state index contributed by atoms with van der Waals surface area (Å²) in [5.41, 5.74) is 2.48. The maximum Gasteiger partial charge on any atom is 0.119 e. The molecule has 1 saturated heterocycles. The summed E-state index contributed by atoms with van der Waals surface area (Å²) in [5, 5.41) is 6.23. The highest BCUT2D eigenvalue weighted by atomic mass is 16.5. The molecule has 0 bridgehead atoms. The molecule has 1 aromatic rings. The first kappa shape index (κ1) is 17.7. The lowest BCUT2D eigenvalue weighted by Gasteiger charge is -2.23. The lowest BCUT2D eigenvalue weighted by molar-refractivity contribution is 0.414. The van der Waals surface area contributed by atoms with Crippen LogP contribution in [0.4, 0.5) is 0 Å². The number of nitrogens with one attached hydrogen (secondary N) is 2. The lowest BCUT2D eigenvalue weighted by Crippen LogP contribution is -2.22. The van der Waals surface area contributed by atoms with Gasteiger partial charge < -0.3 is 15.4 Å². The first-order valence-corrected chi connectivity index (χ1v) is 7.85. The average Bonchev–Trinajstić information content (AvgIpc) is 2.47. The summed E-state index contributed by atoms with van der Waals surface area (Å²) in [5.74, 6) is 1.52. The molecule has 2 N–H and O–H groups in total. The fraction of sp³-hybridized carbons (Fsp3) is 0.556. The second-order valence-corrected chi connectivity index (χ2v) is 5.49. The first-order valence-electron chi connectivity index (χ1n) is 7.85. The Balaban J connectivity index is 0.000000677. The molecule has 118 valence electrons. The average molecular weight is 290 g/mol. The standard InChI is InChI=1S/C16H23NO.C2H7N/c1-13(14-6-3-4-10-17-11-9-14)15-7-5-8-16(12-15)18-2;1-3-2/h5,7-8,12,14,17H,1,3-4,6,9-11H2,2H3;3H,1-2H3. The van der Waals surface area contributed by atoms with Crippen molar-refractivity contribution in [1.82, 2.24) is 10.6 Å². The molecular formula is C18H30N2O. The molecule has 1 fully saturated rings. The van der Waals surface area contributed by atoms with Crippen molar-refractivity contribution in [1.29, 1.82) is 0 Å². The van der Waals surface area contributed by atoms with Crippen LogP contribution in [0, 0.1) is 5.92 Å². The highest BCUT2D eigenvalue weighted by Crippen LogP contribution is 2.30. The monoisotopic (exact) mass is 290 g/mol. The summed E-state index contributed by atoms with van der Waals surface area (Å²) in [6, 6.07) is 8.25. The van der Waals surface area contributed by atoms with E-state index in [4.69, 9.17) is 4.74 Å². The molecule has 0 saturated carbocycles. The maximum atomic E-state index is 5.28. The van der Waals surface area contributed by atoms with Gasteiger partial charge in [0.1, 0.15) is 5.75 Å². The molecule has 0 aromatic heterocycles. The van der Waals surface area contributed by atoms with Crippen LogP contribution in [-0.2, 0) is 0 Å². The van der Waals surface area contributed by atoms with Crippen LogP contribution in [-0.4, -0.2) is 34.3 Å². The van der Waals surface area contributed by atoms with Gasteiger partial charge in [0.05, 0.1) is 7.11 Å². The van der Waals surface area contributed by atoms with Gasteiger partial charge >= 0.3 is 0 Å². The fourth-order valence-corrected chi connectivity index (χ4v) is 2.59. The third-order valence-corrected chi connectivity index (χ3v) is 3.76. The van der Waals surface area contributed by atoms with Crippen molar-refractivity contribution in [2.45, 2.75) is 25.7 Å². The van der Waals surface area contributed by atoms with Gasteiger partial charge in [-0.3, -0.25) is 0 Å². The minimum Gasteiger partial charge on any atom is -0.497 e. The van der Waals surface area contributed by atoms with Crippen LogP contribution in [0.5, 0.6) is 5.75 Å². The SMILES string of the molecule is C=C(c1cccc(OC)c1)C1CCCCNCC1.CNC. The van der Waals surface area contributed by atoms with Gasteiger partial charge in [0.15, 0.2) is 0 Å². The summed E-state index contributed by atoms with van der Waals surface area (Å²) in [7, 11) is 5.46. The van der Waals surface area contributed by atoms with Crippen molar-refractivity contribution in [3.05, 3.63) is 36.4 Å². The third kappa shape index (κ3) is 6.32. The quantitative estimate of drug-likeness (QED) is 0.896. The Morgan fingerprint density at radius 1 is 1.24 bits per heavy atom. The van der Waals surface area contributed by atoms with Gasteiger partial charge in [-0.1, -0.05) is 25.1 Å². The van der Waals surface area contributed by atoms with Crippen LogP contribution in [0.1, 0.15) is 31.2 Å². The van der Waals surface area contributed by atoms with E-state index in [-0.39, 0.29) is 0 Å². The molecular weight excluding hydrogens is 260 g/mol. The van der Waals surface area contributed by atoms with Gasteiger partial charge in [-0.15, -0.1) is 0 Å². The molecule has 1 aliphatic rings. The molecule has 21 heavy (non-hydrogen) atoms. The molecule has 0 aliphatic carbocycles. The predicted molar refractivity (Wildman–Crippen MR) is 91.8 cm³/mol. The van der Waals surface area contributed by atoms with Crippen molar-refractivity contribution in [2.24, 2.45) is 5.92 Å². The molecule has 1 atom stereocenters. The summed E-state index contributed by atoms with van der Waals surface area (Å²) in [6.45, 7) is 6.58. The van der Waals surface area contributed by atoms with Crippen molar-refractivity contribution in [3.8, 4) is 5.75 Å². The molecule has 1 heterocycles. The smallest absolute Gasteiger partial charge is 0.119 e. The Morgan fingerprint density at radius 3 is 2.71 bits per heavy atom. The Bertz CT molecular complexity index is 409. The normalized spacial score (nSPS) is 18.7. The summed E-state index contributed by atoms with van der Waals surface area (Å²) < 4.78 is 5.28. The molecule has 1 aromatic carbocycles. The number of methoxy groups -OCH3 is 1. The summed E-state index contributed by atoms with van der Waals surface area (Å²) in [4.78, 5) is 0. The van der Waals surface area contributed by atoms with Gasteiger partial charge in [-0.2, -0.15) is 0 Å². The van der Waals surface area contributed by atoms with E-state index in [0.717, 1.165) is 12.3 Å². The molecule has 2 rings (SSSR count). The molecule has 3 nitrogen and oxygen atoms in total. The van der Waals surface area contributed by atoms with E-state index in [2.05, 4.69) is 29.3 Å². The number of rotatable bonds is 3. The second kappa shape index (κ2) is 10.4. The number of allylic oxidation sites excluding steroid dienone is 1. The molecule has 0 radical (unpaired) electrons. The third-order valence-electron chi connectivity index (χ3n) is 3.76. The van der Waals surface area contributed by atoms with Crippen molar-refractivity contribution in [3.63, 3.8) is 0 Å². The van der Waals surface area contributed by atoms with E-state index < -0.39 is 0 Å². The van der Waals surface area contributed by atoms with Crippen LogP contribution in [0.15, 0.2) is 30.8 Å². The number of ether oxygens (including phenoxy) is 1. The van der Waals surface area contributed by atoms with E-state index >= 15 is 0 Å². The zero-order valence-electron chi connectivity index (χ0n) is 13.7. The van der Waals surface area contributed by atoms with Gasteiger partial charge in [0.25, 0.3) is 0 Å². The number of benzene rings is 1. The Hall–Kier alpha value is -1.32. The number of hydrogen-bond donors (Lipinski definition) is 2. The number of hydrogen-bond acceptors (Lipinski definition) is 3. The minimum atomic E-state index is 0.602. The van der Waals surface area contributed by atoms with Crippen LogP contribution in [0.2, 0.25) is 0 Å². The minimum absolute atomic E-state index is 0.602. The summed E-state index contributed by atoms with van der Waals surface area (Å²) in [6.07, 6.45) is 5.02. The molecule has 0 spiro atoms. The van der Waals surface area contributed by atoms with E-state index in [1.165, 1.54) is 43.4 Å². The Morgan fingerprint density at radius 2 is 2.00 bits per heavy atom. The lowest BCUT2D eigenvalue weighted by atomic mass is 9.86. The highest BCUT2D eigenvalue weighted by molar-refractivity contribution is 5.66. The van der Waals surface area contributed by atoms with Crippen LogP contribution in [0.25, 0.3) is 5.57 Å². The van der Waals surface area contributed by atoms with Crippen LogP contribution < -0.4 is 15.4 Å².